The summed E-state index contributed by atoms with van der Waals surface area (Å²) in [5.41, 5.74) is -1.03. The molecule has 0 aromatic heterocycles. The van der Waals surface area contributed by atoms with Crippen LogP contribution in [0.25, 0.3) is 0 Å². The third-order valence-corrected chi connectivity index (χ3v) is 3.67. The van der Waals surface area contributed by atoms with Gasteiger partial charge in [-0.25, -0.2) is 0 Å². The third kappa shape index (κ3) is 2.39. The Balaban J connectivity index is 1.74. The molecule has 0 N–H and O–H groups in total. The molecule has 20 heavy (non-hydrogen) atoms. The first-order valence-electron chi connectivity index (χ1n) is 6.30. The van der Waals surface area contributed by atoms with Crippen LogP contribution in [0.5, 0.6) is 0 Å². The van der Waals surface area contributed by atoms with E-state index in [0.29, 0.717) is 25.9 Å². The number of carbonyl (C=O) groups is 1. The minimum Gasteiger partial charge on any atom is -0.338 e. The van der Waals surface area contributed by atoms with Crippen molar-refractivity contribution in [3.05, 3.63) is 35.4 Å². The Kier molecular flexibility index (Phi) is 2.81. The first kappa shape index (κ1) is 13.1. The number of likely N-dealkylation sites (tertiary alicyclic amines) is 1. The van der Waals surface area contributed by atoms with Crippen molar-refractivity contribution in [3.8, 4) is 0 Å². The Bertz CT molecular complexity index is 566. The maximum absolute atomic E-state index is 12.6. The smallest absolute Gasteiger partial charge is 0.338 e. The van der Waals surface area contributed by atoms with E-state index < -0.39 is 11.7 Å². The van der Waals surface area contributed by atoms with Gasteiger partial charge in [-0.1, -0.05) is 6.07 Å². The zero-order valence-corrected chi connectivity index (χ0v) is 10.5. The maximum atomic E-state index is 12.6. The second-order valence-electron chi connectivity index (χ2n) is 5.05. The molecule has 0 unspecified atom stereocenters. The largest absolute Gasteiger partial charge is 0.416 e. The number of hydrogen-bond donors (Lipinski definition) is 0. The highest BCUT2D eigenvalue weighted by molar-refractivity contribution is 5.94. The Morgan fingerprint density at radius 1 is 1.20 bits per heavy atom. The van der Waals surface area contributed by atoms with Gasteiger partial charge < -0.3 is 4.90 Å². The lowest BCUT2D eigenvalue weighted by Crippen LogP contribution is -2.41. The van der Waals surface area contributed by atoms with Gasteiger partial charge in [0, 0.05) is 31.5 Å². The number of nitrogens with zero attached hydrogens (tertiary/aromatic N) is 3. The summed E-state index contributed by atoms with van der Waals surface area (Å²) in [5, 5.41) is 7.89. The van der Waals surface area contributed by atoms with Gasteiger partial charge in [0.05, 0.1) is 5.56 Å². The summed E-state index contributed by atoms with van der Waals surface area (Å²) in [4.78, 5) is 13.8. The number of piperidine rings is 1. The van der Waals surface area contributed by atoms with Crippen molar-refractivity contribution in [2.75, 3.05) is 13.1 Å². The molecule has 1 aromatic carbocycles. The molecule has 4 nitrogen and oxygen atoms in total. The lowest BCUT2D eigenvalue weighted by atomic mass is 10.0. The first-order valence-corrected chi connectivity index (χ1v) is 6.30. The van der Waals surface area contributed by atoms with Crippen molar-refractivity contribution < 1.29 is 18.0 Å². The molecule has 1 amide bonds. The molecule has 2 aliphatic heterocycles. The molecule has 3 rings (SSSR count). The Labute approximate surface area is 113 Å². The molecular formula is C13H12F3N3O. The second-order valence-corrected chi connectivity index (χ2v) is 5.05. The van der Waals surface area contributed by atoms with Crippen molar-refractivity contribution in [2.45, 2.75) is 24.7 Å². The molecule has 1 aromatic rings. The summed E-state index contributed by atoms with van der Waals surface area (Å²) < 4.78 is 37.9. The number of carbonyl (C=O) groups excluding carboxylic acids is 1. The molecular weight excluding hydrogens is 271 g/mol. The van der Waals surface area contributed by atoms with E-state index in [4.69, 9.17) is 0 Å². The SMILES string of the molecule is O=C(c1cccc(C(F)(F)F)c1)N1CCC2(CC1)N=N2. The van der Waals surface area contributed by atoms with Crippen molar-refractivity contribution in [3.63, 3.8) is 0 Å². The second kappa shape index (κ2) is 4.29. The third-order valence-electron chi connectivity index (χ3n) is 3.67. The molecule has 1 spiro atoms. The van der Waals surface area contributed by atoms with Gasteiger partial charge in [-0.05, 0) is 18.2 Å². The van der Waals surface area contributed by atoms with Crippen LogP contribution in [0.2, 0.25) is 0 Å². The Hall–Kier alpha value is -1.92. The normalized spacial score (nSPS) is 20.2. The fourth-order valence-corrected chi connectivity index (χ4v) is 2.35. The molecule has 0 bridgehead atoms. The molecule has 0 saturated carbocycles. The quantitative estimate of drug-likeness (QED) is 0.781. The highest BCUT2D eigenvalue weighted by Gasteiger charge is 2.43. The van der Waals surface area contributed by atoms with Crippen LogP contribution in [0.1, 0.15) is 28.8 Å². The molecule has 1 fully saturated rings. The van der Waals surface area contributed by atoms with E-state index in [1.54, 1.807) is 4.90 Å². The van der Waals surface area contributed by atoms with Crippen molar-refractivity contribution in [1.82, 2.24) is 4.90 Å². The van der Waals surface area contributed by atoms with E-state index in [1.165, 1.54) is 12.1 Å². The van der Waals surface area contributed by atoms with Crippen LogP contribution < -0.4 is 0 Å². The molecule has 106 valence electrons. The minimum atomic E-state index is -4.44. The van der Waals surface area contributed by atoms with Gasteiger partial charge >= 0.3 is 6.18 Å². The van der Waals surface area contributed by atoms with Crippen molar-refractivity contribution in [1.29, 1.82) is 0 Å². The number of amides is 1. The topological polar surface area (TPSA) is 45.0 Å². The van der Waals surface area contributed by atoms with Crippen molar-refractivity contribution in [2.24, 2.45) is 10.2 Å². The predicted molar refractivity (Wildman–Crippen MR) is 64.2 cm³/mol. The minimum absolute atomic E-state index is 0.0699. The summed E-state index contributed by atoms with van der Waals surface area (Å²) in [7, 11) is 0. The fourth-order valence-electron chi connectivity index (χ4n) is 2.35. The number of benzene rings is 1. The van der Waals surface area contributed by atoms with E-state index in [0.717, 1.165) is 12.1 Å². The number of halogens is 3. The number of alkyl halides is 3. The van der Waals surface area contributed by atoms with Gasteiger partial charge in [0.15, 0.2) is 5.66 Å². The summed E-state index contributed by atoms with van der Waals surface area (Å²) >= 11 is 0. The van der Waals surface area contributed by atoms with Crippen LogP contribution in [0.15, 0.2) is 34.5 Å². The summed E-state index contributed by atoms with van der Waals surface area (Å²) in [6, 6.07) is 4.53. The lowest BCUT2D eigenvalue weighted by molar-refractivity contribution is -0.137. The van der Waals surface area contributed by atoms with Crippen LogP contribution in [-0.4, -0.2) is 29.6 Å². The molecule has 7 heteroatoms. The van der Waals surface area contributed by atoms with Crippen LogP contribution in [-0.2, 0) is 6.18 Å². The monoisotopic (exact) mass is 283 g/mol. The summed E-state index contributed by atoms with van der Waals surface area (Å²) in [6.45, 7) is 0.949. The molecule has 2 heterocycles. The molecule has 1 saturated heterocycles. The number of rotatable bonds is 1. The average molecular weight is 283 g/mol. The van der Waals surface area contributed by atoms with E-state index in [1.807, 2.05) is 0 Å². The highest BCUT2D eigenvalue weighted by Crippen LogP contribution is 2.38. The fraction of sp³-hybridized carbons (Fsp3) is 0.462. The van der Waals surface area contributed by atoms with E-state index >= 15 is 0 Å². The van der Waals surface area contributed by atoms with Crippen molar-refractivity contribution >= 4 is 5.91 Å². The van der Waals surface area contributed by atoms with Crippen LogP contribution in [0.4, 0.5) is 13.2 Å². The summed E-state index contributed by atoms with van der Waals surface area (Å²) in [6.07, 6.45) is -3.14. The number of hydrogen-bond acceptors (Lipinski definition) is 3. The van der Waals surface area contributed by atoms with E-state index in [2.05, 4.69) is 10.2 Å². The van der Waals surface area contributed by atoms with E-state index in [9.17, 15) is 18.0 Å². The van der Waals surface area contributed by atoms with Gasteiger partial charge in [0.25, 0.3) is 5.91 Å². The Morgan fingerprint density at radius 3 is 2.40 bits per heavy atom. The Morgan fingerprint density at radius 2 is 1.85 bits per heavy atom. The van der Waals surface area contributed by atoms with Crippen LogP contribution in [0, 0.1) is 0 Å². The van der Waals surface area contributed by atoms with Gasteiger partial charge in [-0.2, -0.15) is 23.4 Å². The standard InChI is InChI=1S/C13H12F3N3O/c14-13(15,16)10-3-1-2-9(8-10)11(20)19-6-4-12(5-7-19)17-18-12/h1-3,8H,4-7H2. The summed E-state index contributed by atoms with van der Waals surface area (Å²) in [5.74, 6) is -0.369. The lowest BCUT2D eigenvalue weighted by Gasteiger charge is -2.29. The molecule has 0 atom stereocenters. The molecule has 0 radical (unpaired) electrons. The molecule has 0 aliphatic carbocycles. The van der Waals surface area contributed by atoms with E-state index in [-0.39, 0.29) is 17.1 Å². The van der Waals surface area contributed by atoms with Gasteiger partial charge in [-0.3, -0.25) is 4.79 Å². The maximum Gasteiger partial charge on any atom is 0.416 e. The predicted octanol–water partition coefficient (Wildman–Crippen LogP) is 3.10. The zero-order chi connectivity index (χ0) is 14.4. The van der Waals surface area contributed by atoms with Gasteiger partial charge in [0.2, 0.25) is 0 Å². The first-order chi connectivity index (χ1) is 9.40. The molecule has 2 aliphatic rings. The highest BCUT2D eigenvalue weighted by atomic mass is 19.4. The average Bonchev–Trinajstić information content (AvgIpc) is 3.18. The zero-order valence-electron chi connectivity index (χ0n) is 10.5. The van der Waals surface area contributed by atoms with Crippen LogP contribution in [0.3, 0.4) is 0 Å². The van der Waals surface area contributed by atoms with Gasteiger partial charge in [0.1, 0.15) is 0 Å². The van der Waals surface area contributed by atoms with Gasteiger partial charge in [-0.15, -0.1) is 0 Å². The van der Waals surface area contributed by atoms with Crippen LogP contribution >= 0.6 is 0 Å².